The molecule has 0 saturated heterocycles. The first-order valence-corrected chi connectivity index (χ1v) is 4.91. The summed E-state index contributed by atoms with van der Waals surface area (Å²) < 4.78 is 0. The predicted molar refractivity (Wildman–Crippen MR) is 62.3 cm³/mol. The fourth-order valence-electron chi connectivity index (χ4n) is 1.26. The van der Waals surface area contributed by atoms with Crippen molar-refractivity contribution in [3.63, 3.8) is 0 Å². The van der Waals surface area contributed by atoms with Crippen LogP contribution in [-0.2, 0) is 0 Å². The maximum atomic E-state index is 9.10. The smallest absolute Gasteiger partial charge is 0.109 e. The van der Waals surface area contributed by atoms with Crippen molar-refractivity contribution in [3.8, 4) is 6.07 Å². The van der Waals surface area contributed by atoms with E-state index in [0.717, 1.165) is 0 Å². The van der Waals surface area contributed by atoms with E-state index in [1.165, 1.54) is 6.34 Å². The fraction of sp³-hybridized carbons (Fsp3) is 0. The molecule has 0 saturated carbocycles. The summed E-state index contributed by atoms with van der Waals surface area (Å²) in [6.07, 6.45) is 4.66. The summed E-state index contributed by atoms with van der Waals surface area (Å²) in [5, 5.41) is 12.2. The number of nitrogens with one attached hydrogen (secondary N) is 1. The minimum Gasteiger partial charge on any atom is -0.337 e. The van der Waals surface area contributed by atoms with Gasteiger partial charge in [0.2, 0.25) is 0 Å². The highest BCUT2D eigenvalue weighted by Gasteiger charge is 2.10. The maximum absolute atomic E-state index is 9.10. The highest BCUT2D eigenvalue weighted by Crippen LogP contribution is 2.20. The molecular formula is C11H7ClN4. The van der Waals surface area contributed by atoms with E-state index in [0.29, 0.717) is 22.1 Å². The van der Waals surface area contributed by atoms with Gasteiger partial charge in [-0.05, 0) is 12.1 Å². The van der Waals surface area contributed by atoms with Crippen molar-refractivity contribution in [2.75, 3.05) is 0 Å². The van der Waals surface area contributed by atoms with Crippen LogP contribution in [0.4, 0.5) is 0 Å². The number of nitriles is 1. The van der Waals surface area contributed by atoms with Gasteiger partial charge in [0, 0.05) is 12.3 Å². The number of hydrogen-bond donors (Lipinski definition) is 1. The van der Waals surface area contributed by atoms with Gasteiger partial charge in [0.25, 0.3) is 0 Å². The first-order chi connectivity index (χ1) is 7.81. The molecule has 1 aromatic rings. The second-order valence-electron chi connectivity index (χ2n) is 2.98. The molecule has 4 nitrogen and oxygen atoms in total. The first kappa shape index (κ1) is 10.4. The number of allylic oxidation sites excluding steroid dienone is 2. The van der Waals surface area contributed by atoms with Gasteiger partial charge in [-0.2, -0.15) is 5.26 Å². The van der Waals surface area contributed by atoms with Crippen LogP contribution in [0.1, 0.15) is 5.69 Å². The topological polar surface area (TPSA) is 61.1 Å². The van der Waals surface area contributed by atoms with Crippen LogP contribution in [0, 0.1) is 11.3 Å². The van der Waals surface area contributed by atoms with Gasteiger partial charge in [-0.25, -0.2) is 4.99 Å². The van der Waals surface area contributed by atoms with E-state index in [1.54, 1.807) is 24.4 Å². The zero-order chi connectivity index (χ0) is 11.4. The van der Waals surface area contributed by atoms with Crippen LogP contribution >= 0.6 is 11.6 Å². The Kier molecular flexibility index (Phi) is 2.99. The molecule has 1 N–H and O–H groups in total. The number of nitrogens with zero attached hydrogens (tertiary/aromatic N) is 3. The Labute approximate surface area is 97.6 Å². The lowest BCUT2D eigenvalue weighted by Crippen LogP contribution is -2.10. The Balaban J connectivity index is 2.52. The molecule has 1 aliphatic heterocycles. The summed E-state index contributed by atoms with van der Waals surface area (Å²) in [5.41, 5.74) is 1.49. The Bertz CT molecular complexity index is 523. The van der Waals surface area contributed by atoms with Crippen LogP contribution in [0.5, 0.6) is 0 Å². The van der Waals surface area contributed by atoms with E-state index in [4.69, 9.17) is 16.9 Å². The van der Waals surface area contributed by atoms with Crippen molar-refractivity contribution >= 4 is 23.5 Å². The number of halogens is 1. The predicted octanol–water partition coefficient (Wildman–Crippen LogP) is 2.03. The van der Waals surface area contributed by atoms with E-state index in [1.807, 2.05) is 6.07 Å². The molecule has 0 unspecified atom stereocenters. The van der Waals surface area contributed by atoms with Crippen molar-refractivity contribution in [1.29, 1.82) is 5.26 Å². The molecule has 0 fully saturated rings. The molecular weight excluding hydrogens is 224 g/mol. The Morgan fingerprint density at radius 1 is 1.44 bits per heavy atom. The second-order valence-corrected chi connectivity index (χ2v) is 3.39. The van der Waals surface area contributed by atoms with Gasteiger partial charge in [-0.3, -0.25) is 4.98 Å². The Morgan fingerprint density at radius 3 is 2.94 bits per heavy atom. The number of rotatable bonds is 1. The lowest BCUT2D eigenvalue weighted by Gasteiger charge is -2.07. The first-order valence-electron chi connectivity index (χ1n) is 4.53. The number of aromatic nitrogens is 1. The summed E-state index contributed by atoms with van der Waals surface area (Å²) in [6.45, 7) is 0. The van der Waals surface area contributed by atoms with Crippen molar-refractivity contribution < 1.29 is 0 Å². The van der Waals surface area contributed by atoms with E-state index in [2.05, 4.69) is 21.4 Å². The molecule has 0 atom stereocenters. The monoisotopic (exact) mass is 230 g/mol. The van der Waals surface area contributed by atoms with Gasteiger partial charge < -0.3 is 5.32 Å². The Hall–Kier alpha value is -2.12. The Morgan fingerprint density at radius 2 is 2.31 bits per heavy atom. The molecule has 1 aliphatic rings. The third kappa shape index (κ3) is 2.10. The molecule has 0 aliphatic carbocycles. The van der Waals surface area contributed by atoms with Gasteiger partial charge >= 0.3 is 0 Å². The molecule has 2 rings (SSSR count). The molecule has 2 heterocycles. The molecule has 0 bridgehead atoms. The molecule has 0 amide bonds. The van der Waals surface area contributed by atoms with Gasteiger partial charge in [0.1, 0.15) is 16.8 Å². The average Bonchev–Trinajstić information content (AvgIpc) is 2.31. The molecule has 16 heavy (non-hydrogen) atoms. The molecule has 5 heteroatoms. The van der Waals surface area contributed by atoms with Gasteiger partial charge in [0.15, 0.2) is 0 Å². The van der Waals surface area contributed by atoms with E-state index >= 15 is 0 Å². The third-order valence-electron chi connectivity index (χ3n) is 1.96. The van der Waals surface area contributed by atoms with Crippen LogP contribution in [0.3, 0.4) is 0 Å². The summed E-state index contributed by atoms with van der Waals surface area (Å²) in [5.74, 6) is 0. The fourth-order valence-corrected chi connectivity index (χ4v) is 1.41. The van der Waals surface area contributed by atoms with E-state index in [-0.39, 0.29) is 0 Å². The van der Waals surface area contributed by atoms with Gasteiger partial charge in [-0.15, -0.1) is 0 Å². The normalized spacial score (nSPS) is 17.1. The van der Waals surface area contributed by atoms with Crippen molar-refractivity contribution in [2.24, 2.45) is 4.99 Å². The lowest BCUT2D eigenvalue weighted by molar-refractivity contribution is 1.18. The zero-order valence-corrected chi connectivity index (χ0v) is 8.94. The quantitative estimate of drug-likeness (QED) is 0.593. The summed E-state index contributed by atoms with van der Waals surface area (Å²) in [6, 6.07) is 7.44. The number of aliphatic imine (C=N–C) groups is 1. The standard InChI is InChI=1S/C11H7ClN4/c12-11-5-10(15-7-16-11)8(6-13)9-3-1-2-4-14-9/h1-5,7H,(H,15,16)/b10-8-. The second kappa shape index (κ2) is 4.60. The van der Waals surface area contributed by atoms with Crippen LogP contribution in [0.2, 0.25) is 0 Å². The van der Waals surface area contributed by atoms with Crippen molar-refractivity contribution in [1.82, 2.24) is 10.3 Å². The third-order valence-corrected chi connectivity index (χ3v) is 2.18. The van der Waals surface area contributed by atoms with E-state index in [9.17, 15) is 0 Å². The van der Waals surface area contributed by atoms with Crippen LogP contribution in [0.15, 0.2) is 46.3 Å². The van der Waals surface area contributed by atoms with Gasteiger partial charge in [0.05, 0.1) is 17.7 Å². The minimum atomic E-state index is 0.400. The zero-order valence-electron chi connectivity index (χ0n) is 8.18. The number of hydrogen-bond acceptors (Lipinski definition) is 4. The van der Waals surface area contributed by atoms with Crippen LogP contribution in [-0.4, -0.2) is 11.3 Å². The lowest BCUT2D eigenvalue weighted by atomic mass is 10.1. The SMILES string of the molecule is N#C/C(=C1\C=C(Cl)NC=N1)c1ccccn1. The van der Waals surface area contributed by atoms with Crippen molar-refractivity contribution in [3.05, 3.63) is 47.0 Å². The van der Waals surface area contributed by atoms with Crippen LogP contribution < -0.4 is 5.32 Å². The number of pyridine rings is 1. The summed E-state index contributed by atoms with van der Waals surface area (Å²) in [7, 11) is 0. The summed E-state index contributed by atoms with van der Waals surface area (Å²) >= 11 is 5.79. The highest BCUT2D eigenvalue weighted by molar-refractivity contribution is 6.30. The summed E-state index contributed by atoms with van der Waals surface area (Å²) in [4.78, 5) is 8.15. The van der Waals surface area contributed by atoms with Gasteiger partial charge in [-0.1, -0.05) is 17.7 Å². The molecule has 0 aromatic carbocycles. The largest absolute Gasteiger partial charge is 0.337 e. The molecule has 78 valence electrons. The maximum Gasteiger partial charge on any atom is 0.109 e. The highest BCUT2D eigenvalue weighted by atomic mass is 35.5. The molecule has 0 radical (unpaired) electrons. The van der Waals surface area contributed by atoms with E-state index < -0.39 is 0 Å². The molecule has 0 spiro atoms. The molecule has 1 aromatic heterocycles. The van der Waals surface area contributed by atoms with Crippen LogP contribution in [0.25, 0.3) is 5.57 Å². The average molecular weight is 231 g/mol. The minimum absolute atomic E-state index is 0.400. The van der Waals surface area contributed by atoms with Crippen molar-refractivity contribution in [2.45, 2.75) is 0 Å².